The Morgan fingerprint density at radius 3 is 2.68 bits per heavy atom. The van der Waals surface area contributed by atoms with E-state index in [-0.39, 0.29) is 5.56 Å². The molecule has 28 heavy (non-hydrogen) atoms. The van der Waals surface area contributed by atoms with Gasteiger partial charge in [-0.15, -0.1) is 0 Å². The van der Waals surface area contributed by atoms with Crippen molar-refractivity contribution in [1.29, 1.82) is 0 Å². The number of fused-ring (bicyclic) bond motifs is 1. The SMILES string of the molecule is CCc1cc2cnc(CN3CCN(c4ccc(C)nc4Cl)CC3)cc2[nH]c1=O. The van der Waals surface area contributed by atoms with Gasteiger partial charge >= 0.3 is 0 Å². The number of aryl methyl sites for hydroxylation is 2. The molecule has 6 nitrogen and oxygen atoms in total. The fraction of sp³-hybridized carbons (Fsp3) is 0.381. The Morgan fingerprint density at radius 1 is 1.18 bits per heavy atom. The zero-order chi connectivity index (χ0) is 19.7. The second kappa shape index (κ2) is 7.89. The number of halogens is 1. The minimum atomic E-state index is -0.00986. The largest absolute Gasteiger partial charge is 0.366 e. The molecule has 146 valence electrons. The molecule has 0 bridgehead atoms. The third kappa shape index (κ3) is 3.88. The van der Waals surface area contributed by atoms with Gasteiger partial charge < -0.3 is 9.88 Å². The van der Waals surface area contributed by atoms with Crippen molar-refractivity contribution in [2.75, 3.05) is 31.1 Å². The molecule has 0 amide bonds. The van der Waals surface area contributed by atoms with Gasteiger partial charge in [-0.3, -0.25) is 14.7 Å². The maximum atomic E-state index is 12.1. The van der Waals surface area contributed by atoms with Crippen molar-refractivity contribution in [2.45, 2.75) is 26.8 Å². The van der Waals surface area contributed by atoms with E-state index in [0.717, 1.165) is 72.7 Å². The molecule has 0 atom stereocenters. The average Bonchev–Trinajstić information content (AvgIpc) is 2.68. The number of hydrogen-bond donors (Lipinski definition) is 1. The summed E-state index contributed by atoms with van der Waals surface area (Å²) in [5.41, 5.74) is 4.53. The van der Waals surface area contributed by atoms with E-state index in [1.165, 1.54) is 0 Å². The summed E-state index contributed by atoms with van der Waals surface area (Å²) >= 11 is 6.31. The van der Waals surface area contributed by atoms with Crippen LogP contribution in [0.1, 0.15) is 23.9 Å². The van der Waals surface area contributed by atoms with Crippen LogP contribution in [0.5, 0.6) is 0 Å². The molecule has 4 rings (SSSR count). The molecular weight excluding hydrogens is 374 g/mol. The van der Waals surface area contributed by atoms with Crippen LogP contribution < -0.4 is 10.5 Å². The predicted octanol–water partition coefficient (Wildman–Crippen LogP) is 3.16. The first kappa shape index (κ1) is 18.9. The summed E-state index contributed by atoms with van der Waals surface area (Å²) < 4.78 is 0. The Balaban J connectivity index is 1.44. The maximum absolute atomic E-state index is 12.1. The lowest BCUT2D eigenvalue weighted by Crippen LogP contribution is -2.46. The fourth-order valence-corrected chi connectivity index (χ4v) is 3.98. The third-order valence-corrected chi connectivity index (χ3v) is 5.59. The van der Waals surface area contributed by atoms with Crippen LogP contribution in [0.2, 0.25) is 5.15 Å². The number of H-pyrrole nitrogens is 1. The second-order valence-corrected chi connectivity index (χ2v) is 7.62. The zero-order valence-corrected chi connectivity index (χ0v) is 17.0. The van der Waals surface area contributed by atoms with E-state index in [2.05, 4.69) is 24.8 Å². The molecule has 1 saturated heterocycles. The third-order valence-electron chi connectivity index (χ3n) is 5.31. The first-order valence-corrected chi connectivity index (χ1v) is 10.0. The van der Waals surface area contributed by atoms with Gasteiger partial charge in [0, 0.05) is 55.6 Å². The Labute approximate surface area is 169 Å². The summed E-state index contributed by atoms with van der Waals surface area (Å²) in [5.74, 6) is 0. The number of rotatable bonds is 4. The molecule has 1 fully saturated rings. The molecular formula is C21H24ClN5O. The molecule has 0 radical (unpaired) electrons. The smallest absolute Gasteiger partial charge is 0.251 e. The average molecular weight is 398 g/mol. The first-order valence-electron chi connectivity index (χ1n) is 9.65. The van der Waals surface area contributed by atoms with Crippen LogP contribution in [0.25, 0.3) is 10.9 Å². The van der Waals surface area contributed by atoms with Crippen molar-refractivity contribution >= 4 is 28.2 Å². The minimum Gasteiger partial charge on any atom is -0.366 e. The van der Waals surface area contributed by atoms with E-state index in [0.29, 0.717) is 5.15 Å². The quantitative estimate of drug-likeness (QED) is 0.685. The lowest BCUT2D eigenvalue weighted by molar-refractivity contribution is 0.247. The molecule has 1 aliphatic heterocycles. The second-order valence-electron chi connectivity index (χ2n) is 7.27. The zero-order valence-electron chi connectivity index (χ0n) is 16.2. The summed E-state index contributed by atoms with van der Waals surface area (Å²) in [7, 11) is 0. The topological polar surface area (TPSA) is 65.1 Å². The minimum absolute atomic E-state index is 0.00986. The van der Waals surface area contributed by atoms with E-state index in [1.54, 1.807) is 0 Å². The molecule has 0 aromatic carbocycles. The number of hydrogen-bond acceptors (Lipinski definition) is 5. The van der Waals surface area contributed by atoms with Crippen LogP contribution in [-0.2, 0) is 13.0 Å². The van der Waals surface area contributed by atoms with E-state index in [9.17, 15) is 4.79 Å². The van der Waals surface area contributed by atoms with Gasteiger partial charge in [0.15, 0.2) is 5.15 Å². The van der Waals surface area contributed by atoms with Crippen LogP contribution in [-0.4, -0.2) is 46.0 Å². The summed E-state index contributed by atoms with van der Waals surface area (Å²) in [5, 5.41) is 1.55. The van der Waals surface area contributed by atoms with Crippen molar-refractivity contribution in [2.24, 2.45) is 0 Å². The summed E-state index contributed by atoms with van der Waals surface area (Å²) in [4.78, 5) is 28.7. The normalized spacial score (nSPS) is 15.3. The molecule has 0 unspecified atom stereocenters. The first-order chi connectivity index (χ1) is 13.5. The van der Waals surface area contributed by atoms with Crippen LogP contribution in [0.15, 0.2) is 35.3 Å². The van der Waals surface area contributed by atoms with Crippen LogP contribution in [0.3, 0.4) is 0 Å². The van der Waals surface area contributed by atoms with Crippen LogP contribution in [0.4, 0.5) is 5.69 Å². The van der Waals surface area contributed by atoms with Gasteiger partial charge in [-0.2, -0.15) is 0 Å². The Bertz CT molecular complexity index is 1060. The highest BCUT2D eigenvalue weighted by molar-refractivity contribution is 6.32. The van der Waals surface area contributed by atoms with E-state index in [1.807, 2.05) is 44.3 Å². The predicted molar refractivity (Wildman–Crippen MR) is 113 cm³/mol. The Kier molecular flexibility index (Phi) is 5.33. The molecule has 4 heterocycles. The van der Waals surface area contributed by atoms with Gasteiger partial charge in [0.2, 0.25) is 0 Å². The number of pyridine rings is 3. The molecule has 0 spiro atoms. The van der Waals surface area contributed by atoms with E-state index in [4.69, 9.17) is 11.6 Å². The highest BCUT2D eigenvalue weighted by atomic mass is 35.5. The Hall–Kier alpha value is -2.44. The number of piperazine rings is 1. The Morgan fingerprint density at radius 2 is 1.96 bits per heavy atom. The molecule has 3 aromatic heterocycles. The van der Waals surface area contributed by atoms with E-state index < -0.39 is 0 Å². The molecule has 3 aromatic rings. The van der Waals surface area contributed by atoms with Crippen LogP contribution in [0, 0.1) is 6.92 Å². The monoisotopic (exact) mass is 397 g/mol. The molecule has 1 aliphatic rings. The van der Waals surface area contributed by atoms with Gasteiger partial charge in [0.05, 0.1) is 16.9 Å². The number of nitrogens with one attached hydrogen (secondary N) is 1. The number of aromatic amines is 1. The highest BCUT2D eigenvalue weighted by Crippen LogP contribution is 2.25. The summed E-state index contributed by atoms with van der Waals surface area (Å²) in [6.45, 7) is 8.34. The van der Waals surface area contributed by atoms with Gasteiger partial charge in [-0.05, 0) is 37.6 Å². The lowest BCUT2D eigenvalue weighted by atomic mass is 10.1. The van der Waals surface area contributed by atoms with Crippen molar-refractivity contribution in [3.05, 3.63) is 62.9 Å². The van der Waals surface area contributed by atoms with E-state index >= 15 is 0 Å². The number of anilines is 1. The molecule has 0 aliphatic carbocycles. The van der Waals surface area contributed by atoms with Crippen molar-refractivity contribution in [1.82, 2.24) is 19.9 Å². The van der Waals surface area contributed by atoms with Crippen molar-refractivity contribution in [3.63, 3.8) is 0 Å². The highest BCUT2D eigenvalue weighted by Gasteiger charge is 2.20. The van der Waals surface area contributed by atoms with Gasteiger partial charge in [0.25, 0.3) is 5.56 Å². The summed E-state index contributed by atoms with van der Waals surface area (Å²) in [6.07, 6.45) is 2.57. The van der Waals surface area contributed by atoms with Crippen molar-refractivity contribution in [3.8, 4) is 0 Å². The lowest BCUT2D eigenvalue weighted by Gasteiger charge is -2.36. The van der Waals surface area contributed by atoms with Gasteiger partial charge in [0.1, 0.15) is 0 Å². The molecule has 0 saturated carbocycles. The molecule has 1 N–H and O–H groups in total. The van der Waals surface area contributed by atoms with Gasteiger partial charge in [-0.25, -0.2) is 4.98 Å². The number of aromatic nitrogens is 3. The summed E-state index contributed by atoms with van der Waals surface area (Å²) in [6, 6.07) is 7.97. The van der Waals surface area contributed by atoms with Gasteiger partial charge in [-0.1, -0.05) is 18.5 Å². The van der Waals surface area contributed by atoms with Crippen LogP contribution >= 0.6 is 11.6 Å². The molecule has 7 heteroatoms. The maximum Gasteiger partial charge on any atom is 0.251 e. The standard InChI is InChI=1S/C21H24ClN5O/c1-3-15-10-16-12-23-17(11-18(16)25-21(15)28)13-26-6-8-27(9-7-26)19-5-4-14(2)24-20(19)22/h4-5,10-12H,3,6-9,13H2,1-2H3,(H,25,28). The number of nitrogens with zero attached hydrogens (tertiary/aromatic N) is 4. The van der Waals surface area contributed by atoms with Crippen molar-refractivity contribution < 1.29 is 0 Å². The fourth-order valence-electron chi connectivity index (χ4n) is 3.67.